The maximum Gasteiger partial charge on any atom is 0.410 e. The van der Waals surface area contributed by atoms with Crippen molar-refractivity contribution in [2.24, 2.45) is 0 Å². The lowest BCUT2D eigenvalue weighted by Crippen LogP contribution is -2.41. The summed E-state index contributed by atoms with van der Waals surface area (Å²) in [5.74, 6) is 0.168. The van der Waals surface area contributed by atoms with Crippen LogP contribution in [0.15, 0.2) is 22.9 Å². The first kappa shape index (κ1) is 20.8. The molecular formula is C20H27N3O3S2. The van der Waals surface area contributed by atoms with Gasteiger partial charge >= 0.3 is 6.09 Å². The molecule has 0 radical (unpaired) electrons. The van der Waals surface area contributed by atoms with Crippen LogP contribution in [0.2, 0.25) is 0 Å². The molecule has 0 spiro atoms. The highest BCUT2D eigenvalue weighted by atomic mass is 32.1. The van der Waals surface area contributed by atoms with Gasteiger partial charge in [0.25, 0.3) is 5.91 Å². The largest absolute Gasteiger partial charge is 0.444 e. The van der Waals surface area contributed by atoms with E-state index in [1.54, 1.807) is 16.2 Å². The topological polar surface area (TPSA) is 71.5 Å². The Labute approximate surface area is 173 Å². The van der Waals surface area contributed by atoms with Crippen molar-refractivity contribution in [1.82, 2.24) is 15.2 Å². The van der Waals surface area contributed by atoms with Gasteiger partial charge in [-0.25, -0.2) is 9.78 Å². The van der Waals surface area contributed by atoms with Crippen LogP contribution in [0.5, 0.6) is 0 Å². The van der Waals surface area contributed by atoms with Gasteiger partial charge < -0.3 is 15.0 Å². The number of piperidine rings is 1. The second-order valence-corrected chi connectivity index (χ2v) is 9.82. The van der Waals surface area contributed by atoms with E-state index < -0.39 is 5.60 Å². The van der Waals surface area contributed by atoms with Gasteiger partial charge in [-0.1, -0.05) is 6.07 Å². The molecule has 0 bridgehead atoms. The molecule has 3 rings (SSSR count). The molecule has 8 heteroatoms. The number of carbonyl (C=O) groups is 2. The molecule has 1 N–H and O–H groups in total. The van der Waals surface area contributed by atoms with Crippen molar-refractivity contribution in [2.75, 3.05) is 19.6 Å². The number of thiophene rings is 1. The summed E-state index contributed by atoms with van der Waals surface area (Å²) < 4.78 is 5.44. The third-order valence-corrected chi connectivity index (χ3v) is 6.43. The molecule has 1 fully saturated rings. The summed E-state index contributed by atoms with van der Waals surface area (Å²) in [6.45, 7) is 7.55. The van der Waals surface area contributed by atoms with Crippen LogP contribution in [0, 0.1) is 0 Å². The lowest BCUT2D eigenvalue weighted by molar-refractivity contribution is 0.0205. The van der Waals surface area contributed by atoms with Crippen molar-refractivity contribution in [2.45, 2.75) is 51.6 Å². The minimum Gasteiger partial charge on any atom is -0.444 e. The van der Waals surface area contributed by atoms with Gasteiger partial charge in [0.2, 0.25) is 0 Å². The van der Waals surface area contributed by atoms with Crippen LogP contribution < -0.4 is 5.32 Å². The second kappa shape index (κ2) is 9.05. The quantitative estimate of drug-likeness (QED) is 0.782. The van der Waals surface area contributed by atoms with Crippen LogP contribution in [-0.2, 0) is 11.2 Å². The molecule has 0 aromatic carbocycles. The number of amides is 2. The molecule has 2 aromatic heterocycles. The summed E-state index contributed by atoms with van der Waals surface area (Å²) in [6, 6.07) is 4.09. The van der Waals surface area contributed by atoms with Crippen LogP contribution in [0.1, 0.15) is 59.9 Å². The number of hydrogen-bond acceptors (Lipinski definition) is 6. The van der Waals surface area contributed by atoms with Crippen LogP contribution in [0.25, 0.3) is 0 Å². The summed E-state index contributed by atoms with van der Waals surface area (Å²) in [5.41, 5.74) is 0.00963. The summed E-state index contributed by atoms with van der Waals surface area (Å²) >= 11 is 3.23. The first-order valence-electron chi connectivity index (χ1n) is 9.56. The summed E-state index contributed by atoms with van der Waals surface area (Å²) in [6.07, 6.45) is 2.26. The van der Waals surface area contributed by atoms with Crippen LogP contribution in [0.3, 0.4) is 0 Å². The van der Waals surface area contributed by atoms with E-state index in [-0.39, 0.29) is 17.9 Å². The fourth-order valence-corrected chi connectivity index (χ4v) is 4.74. The van der Waals surface area contributed by atoms with E-state index in [0.717, 1.165) is 24.3 Å². The number of ether oxygens (including phenoxy) is 1. The standard InChI is InChI=1S/C20H27N3O3S2/c1-20(2,3)26-19(25)23-10-7-14(8-11-23)18-22-16(13-28-18)17(24)21-9-6-15-5-4-12-27-15/h4-5,12-14H,6-11H2,1-3H3,(H,21,24). The van der Waals surface area contributed by atoms with E-state index in [9.17, 15) is 9.59 Å². The Morgan fingerprint density at radius 1 is 1.29 bits per heavy atom. The Morgan fingerprint density at radius 2 is 2.04 bits per heavy atom. The van der Waals surface area contributed by atoms with Gasteiger partial charge in [0.1, 0.15) is 11.3 Å². The van der Waals surface area contributed by atoms with E-state index in [2.05, 4.69) is 16.4 Å². The normalized spacial score (nSPS) is 15.5. The Morgan fingerprint density at radius 3 is 2.68 bits per heavy atom. The molecule has 1 aliphatic rings. The number of hydrogen-bond donors (Lipinski definition) is 1. The molecule has 152 valence electrons. The van der Waals surface area contributed by atoms with Gasteiger partial charge in [0.15, 0.2) is 0 Å². The molecule has 2 aromatic rings. The molecule has 0 unspecified atom stereocenters. The Balaban J connectivity index is 1.46. The van der Waals surface area contributed by atoms with Crippen molar-refractivity contribution >= 4 is 34.7 Å². The van der Waals surface area contributed by atoms with Gasteiger partial charge in [0, 0.05) is 35.8 Å². The van der Waals surface area contributed by atoms with E-state index in [4.69, 9.17) is 4.74 Å². The van der Waals surface area contributed by atoms with Crippen LogP contribution >= 0.6 is 22.7 Å². The minimum absolute atomic E-state index is 0.120. The van der Waals surface area contributed by atoms with Crippen molar-refractivity contribution in [1.29, 1.82) is 0 Å². The SMILES string of the molecule is CC(C)(C)OC(=O)N1CCC(c2nc(C(=O)NCCc3cccs3)cs2)CC1. The minimum atomic E-state index is -0.477. The van der Waals surface area contributed by atoms with Crippen molar-refractivity contribution in [3.63, 3.8) is 0 Å². The maximum atomic E-state index is 12.3. The monoisotopic (exact) mass is 421 g/mol. The summed E-state index contributed by atoms with van der Waals surface area (Å²) in [5, 5.41) is 7.79. The predicted molar refractivity (Wildman–Crippen MR) is 112 cm³/mol. The Bertz CT molecular complexity index is 788. The molecule has 3 heterocycles. The zero-order valence-corrected chi connectivity index (χ0v) is 18.2. The molecule has 0 saturated carbocycles. The highest BCUT2D eigenvalue weighted by Gasteiger charge is 2.29. The average Bonchev–Trinajstić information content (AvgIpc) is 3.32. The number of nitrogens with zero attached hydrogens (tertiary/aromatic N) is 2. The van der Waals surface area contributed by atoms with E-state index >= 15 is 0 Å². The molecule has 1 aliphatic heterocycles. The predicted octanol–water partition coefficient (Wildman–Crippen LogP) is 4.29. The van der Waals surface area contributed by atoms with Gasteiger partial charge in [-0.3, -0.25) is 4.79 Å². The third kappa shape index (κ3) is 5.78. The first-order valence-corrected chi connectivity index (χ1v) is 11.3. The van der Waals surface area contributed by atoms with Gasteiger partial charge in [-0.05, 0) is 51.5 Å². The number of nitrogens with one attached hydrogen (secondary N) is 1. The number of aromatic nitrogens is 1. The van der Waals surface area contributed by atoms with E-state index in [1.165, 1.54) is 16.2 Å². The van der Waals surface area contributed by atoms with E-state index in [0.29, 0.717) is 25.3 Å². The first-order chi connectivity index (χ1) is 13.3. The fraction of sp³-hybridized carbons (Fsp3) is 0.550. The lowest BCUT2D eigenvalue weighted by atomic mass is 9.98. The zero-order chi connectivity index (χ0) is 20.1. The number of thiazole rings is 1. The summed E-state index contributed by atoms with van der Waals surface area (Å²) in [4.78, 5) is 32.1. The highest BCUT2D eigenvalue weighted by molar-refractivity contribution is 7.10. The third-order valence-electron chi connectivity index (χ3n) is 4.49. The number of rotatable bonds is 5. The fourth-order valence-electron chi connectivity index (χ4n) is 3.06. The highest BCUT2D eigenvalue weighted by Crippen LogP contribution is 2.30. The molecule has 28 heavy (non-hydrogen) atoms. The van der Waals surface area contributed by atoms with Crippen LogP contribution in [-0.4, -0.2) is 47.1 Å². The van der Waals surface area contributed by atoms with Crippen molar-refractivity contribution < 1.29 is 14.3 Å². The molecule has 0 aliphatic carbocycles. The lowest BCUT2D eigenvalue weighted by Gasteiger charge is -2.32. The van der Waals surface area contributed by atoms with Crippen LogP contribution in [0.4, 0.5) is 4.79 Å². The van der Waals surface area contributed by atoms with Gasteiger partial charge in [0.05, 0.1) is 5.01 Å². The van der Waals surface area contributed by atoms with Crippen molar-refractivity contribution in [3.05, 3.63) is 38.5 Å². The molecule has 0 atom stereocenters. The average molecular weight is 422 g/mol. The van der Waals surface area contributed by atoms with Gasteiger partial charge in [-0.2, -0.15) is 0 Å². The van der Waals surface area contributed by atoms with E-state index in [1.807, 2.05) is 37.6 Å². The Kier molecular flexibility index (Phi) is 6.72. The zero-order valence-electron chi connectivity index (χ0n) is 16.6. The molecule has 1 saturated heterocycles. The van der Waals surface area contributed by atoms with Crippen molar-refractivity contribution in [3.8, 4) is 0 Å². The van der Waals surface area contributed by atoms with Gasteiger partial charge in [-0.15, -0.1) is 22.7 Å². The smallest absolute Gasteiger partial charge is 0.410 e. The summed E-state index contributed by atoms with van der Waals surface area (Å²) in [7, 11) is 0. The molecular weight excluding hydrogens is 394 g/mol. The maximum absolute atomic E-state index is 12.3. The Hall–Kier alpha value is -1.93. The number of carbonyl (C=O) groups excluding carboxylic acids is 2. The number of likely N-dealkylation sites (tertiary alicyclic amines) is 1. The molecule has 2 amide bonds. The molecule has 6 nitrogen and oxygen atoms in total. The second-order valence-electron chi connectivity index (χ2n) is 7.90.